The highest BCUT2D eigenvalue weighted by atomic mass is 16.2. The molecule has 43 heavy (non-hydrogen) atoms. The van der Waals surface area contributed by atoms with Crippen LogP contribution in [0, 0.1) is 11.3 Å². The van der Waals surface area contributed by atoms with Gasteiger partial charge >= 0.3 is 0 Å². The molecule has 2 aromatic carbocycles. The highest BCUT2D eigenvalue weighted by Crippen LogP contribution is 2.42. The minimum Gasteiger partial charge on any atom is -0.399 e. The van der Waals surface area contributed by atoms with E-state index in [0.717, 1.165) is 43.3 Å². The summed E-state index contributed by atoms with van der Waals surface area (Å²) >= 11 is 0. The number of piperidine rings is 4. The molecule has 1 spiro atoms. The van der Waals surface area contributed by atoms with E-state index >= 15 is 0 Å². The van der Waals surface area contributed by atoms with E-state index in [1.807, 2.05) is 18.2 Å². The fourth-order valence-corrected chi connectivity index (χ4v) is 8.13. The number of fused-ring (bicyclic) bond motifs is 1. The number of hydrogen-bond acceptors (Lipinski definition) is 7. The van der Waals surface area contributed by atoms with Gasteiger partial charge < -0.3 is 25.3 Å². The number of imide groups is 1. The quantitative estimate of drug-likeness (QED) is 0.409. The van der Waals surface area contributed by atoms with Gasteiger partial charge in [-0.15, -0.1) is 0 Å². The summed E-state index contributed by atoms with van der Waals surface area (Å²) in [7, 11) is 0. The third kappa shape index (κ3) is 5.71. The number of nitrogen functional groups attached to an aromatic ring is 1. The fraction of sp³-hybridized carbons (Fsp3) is 0.559. The van der Waals surface area contributed by atoms with Crippen LogP contribution in [0.4, 0.5) is 17.1 Å². The predicted molar refractivity (Wildman–Crippen MR) is 168 cm³/mol. The lowest BCUT2D eigenvalue weighted by atomic mass is 9.71. The van der Waals surface area contributed by atoms with Crippen LogP contribution in [-0.4, -0.2) is 79.4 Å². The Labute approximate surface area is 254 Å². The number of amides is 3. The average molecular weight is 585 g/mol. The van der Waals surface area contributed by atoms with Gasteiger partial charge in [0, 0.05) is 68.3 Å². The first-order valence-corrected chi connectivity index (χ1v) is 16.2. The molecule has 5 aliphatic rings. The van der Waals surface area contributed by atoms with Crippen molar-refractivity contribution in [2.75, 3.05) is 61.3 Å². The summed E-state index contributed by atoms with van der Waals surface area (Å²) in [6, 6.07) is 13.9. The molecule has 1 atom stereocenters. The summed E-state index contributed by atoms with van der Waals surface area (Å²) in [5.41, 5.74) is 11.4. The number of nitrogens with two attached hydrogens (primary N) is 1. The van der Waals surface area contributed by atoms with Crippen LogP contribution in [0.15, 0.2) is 42.5 Å². The van der Waals surface area contributed by atoms with Crippen molar-refractivity contribution in [2.24, 2.45) is 11.3 Å². The number of likely N-dealkylation sites (tertiary alicyclic amines) is 1. The predicted octanol–water partition coefficient (Wildman–Crippen LogP) is 3.63. The number of benzene rings is 2. The third-order valence-electron chi connectivity index (χ3n) is 11.0. The van der Waals surface area contributed by atoms with Crippen LogP contribution in [0.25, 0.3) is 0 Å². The van der Waals surface area contributed by atoms with Crippen molar-refractivity contribution < 1.29 is 14.4 Å². The van der Waals surface area contributed by atoms with Crippen molar-refractivity contribution in [2.45, 2.75) is 64.0 Å². The van der Waals surface area contributed by atoms with E-state index in [9.17, 15) is 14.4 Å². The second-order valence-corrected chi connectivity index (χ2v) is 13.6. The number of carbonyl (C=O) groups excluding carboxylic acids is 3. The minimum atomic E-state index is -0.566. The summed E-state index contributed by atoms with van der Waals surface area (Å²) in [6.45, 7) is 8.46. The Morgan fingerprint density at radius 3 is 2.14 bits per heavy atom. The van der Waals surface area contributed by atoms with E-state index in [1.165, 1.54) is 69.5 Å². The van der Waals surface area contributed by atoms with Crippen molar-refractivity contribution >= 4 is 34.8 Å². The zero-order valence-corrected chi connectivity index (χ0v) is 25.1. The molecule has 5 heterocycles. The Morgan fingerprint density at radius 1 is 0.791 bits per heavy atom. The van der Waals surface area contributed by atoms with Crippen molar-refractivity contribution in [1.82, 2.24) is 15.1 Å². The normalized spacial score (nSPS) is 24.9. The lowest BCUT2D eigenvalue weighted by Crippen LogP contribution is -2.52. The van der Waals surface area contributed by atoms with E-state index in [2.05, 4.69) is 44.3 Å². The number of hydrogen-bond donors (Lipinski definition) is 2. The van der Waals surface area contributed by atoms with Gasteiger partial charge in [-0.3, -0.25) is 19.7 Å². The summed E-state index contributed by atoms with van der Waals surface area (Å²) in [5.74, 6) is 0.0115. The molecule has 3 N–H and O–H groups in total. The molecule has 7 rings (SSSR count). The Balaban J connectivity index is 0.872. The second-order valence-electron chi connectivity index (χ2n) is 13.6. The van der Waals surface area contributed by atoms with Crippen LogP contribution in [0.3, 0.4) is 0 Å². The summed E-state index contributed by atoms with van der Waals surface area (Å²) in [4.78, 5) is 46.3. The highest BCUT2D eigenvalue weighted by Gasteiger charge is 2.40. The molecule has 1 unspecified atom stereocenters. The van der Waals surface area contributed by atoms with E-state index in [-0.39, 0.29) is 24.1 Å². The maximum atomic E-state index is 13.1. The molecular weight excluding hydrogens is 540 g/mol. The van der Waals surface area contributed by atoms with E-state index in [0.29, 0.717) is 23.9 Å². The number of nitrogens with one attached hydrogen (secondary N) is 1. The first kappa shape index (κ1) is 28.2. The second kappa shape index (κ2) is 11.5. The first-order valence-electron chi connectivity index (χ1n) is 16.2. The monoisotopic (exact) mass is 584 g/mol. The van der Waals surface area contributed by atoms with Crippen LogP contribution in [0.5, 0.6) is 0 Å². The molecule has 0 aromatic heterocycles. The highest BCUT2D eigenvalue weighted by molar-refractivity contribution is 6.05. The van der Waals surface area contributed by atoms with Gasteiger partial charge in [-0.25, -0.2) is 0 Å². The molecule has 2 aromatic rings. The number of carbonyl (C=O) groups is 3. The molecule has 9 heteroatoms. The van der Waals surface area contributed by atoms with Gasteiger partial charge in [-0.2, -0.15) is 0 Å². The summed E-state index contributed by atoms with van der Waals surface area (Å²) in [6.07, 6.45) is 8.29. The smallest absolute Gasteiger partial charge is 0.255 e. The maximum absolute atomic E-state index is 13.1. The van der Waals surface area contributed by atoms with Gasteiger partial charge in [0.1, 0.15) is 6.04 Å². The lowest BCUT2D eigenvalue weighted by Gasteiger charge is -2.48. The molecule has 4 fully saturated rings. The summed E-state index contributed by atoms with van der Waals surface area (Å²) < 4.78 is 0. The van der Waals surface area contributed by atoms with Crippen molar-refractivity contribution in [3.63, 3.8) is 0 Å². The van der Waals surface area contributed by atoms with Gasteiger partial charge in [0.2, 0.25) is 11.8 Å². The Hall–Kier alpha value is -3.59. The van der Waals surface area contributed by atoms with Crippen molar-refractivity contribution in [3.8, 4) is 0 Å². The minimum absolute atomic E-state index is 0.106. The van der Waals surface area contributed by atoms with E-state index in [4.69, 9.17) is 5.73 Å². The molecule has 0 radical (unpaired) electrons. The average Bonchev–Trinajstić information content (AvgIpc) is 3.35. The Bertz CT molecular complexity index is 1370. The molecule has 0 saturated carbocycles. The number of nitrogens with zero attached hydrogens (tertiary/aromatic N) is 4. The van der Waals surface area contributed by atoms with Crippen molar-refractivity contribution in [3.05, 3.63) is 53.6 Å². The standard InChI is InChI=1S/C34H44N6O3/c35-26-1-3-27(4-2-26)39-19-13-34(14-20-39)11-17-37(18-12-34)22-24-9-15-38(16-10-24)28-5-6-29-25(21-28)23-40(33(29)43)30-7-8-31(41)36-32(30)42/h1-6,21,24,30H,7-20,22-23,35H2,(H,36,41,42). The van der Waals surface area contributed by atoms with Crippen LogP contribution < -0.4 is 20.9 Å². The molecule has 5 aliphatic heterocycles. The van der Waals surface area contributed by atoms with Gasteiger partial charge in [-0.05, 0) is 117 Å². The Kier molecular flexibility index (Phi) is 7.53. The van der Waals surface area contributed by atoms with Gasteiger partial charge in [0.25, 0.3) is 5.91 Å². The molecule has 228 valence electrons. The zero-order chi connectivity index (χ0) is 29.6. The maximum Gasteiger partial charge on any atom is 0.255 e. The molecule has 3 amide bonds. The van der Waals surface area contributed by atoms with E-state index < -0.39 is 6.04 Å². The molecule has 4 saturated heterocycles. The van der Waals surface area contributed by atoms with Gasteiger partial charge in [-0.1, -0.05) is 0 Å². The van der Waals surface area contributed by atoms with Gasteiger partial charge in [0.15, 0.2) is 0 Å². The van der Waals surface area contributed by atoms with Crippen molar-refractivity contribution in [1.29, 1.82) is 0 Å². The van der Waals surface area contributed by atoms with E-state index in [1.54, 1.807) is 4.90 Å². The fourth-order valence-electron chi connectivity index (χ4n) is 8.13. The molecule has 9 nitrogen and oxygen atoms in total. The SMILES string of the molecule is Nc1ccc(N2CCC3(CCN(CC4CCN(c5ccc6c(c5)CN(C5CCC(=O)NC5=O)C6=O)CC4)CC3)CC2)cc1. The largest absolute Gasteiger partial charge is 0.399 e. The van der Waals surface area contributed by atoms with Crippen LogP contribution >= 0.6 is 0 Å². The molecule has 0 bridgehead atoms. The van der Waals surface area contributed by atoms with Gasteiger partial charge in [0.05, 0.1) is 0 Å². The zero-order valence-electron chi connectivity index (χ0n) is 25.1. The molecule has 0 aliphatic carbocycles. The first-order chi connectivity index (χ1) is 20.9. The lowest BCUT2D eigenvalue weighted by molar-refractivity contribution is -0.136. The molecular formula is C34H44N6O3. The summed E-state index contributed by atoms with van der Waals surface area (Å²) in [5, 5.41) is 2.39. The number of anilines is 3. The van der Waals surface area contributed by atoms with Crippen LogP contribution in [-0.2, 0) is 16.1 Å². The van der Waals surface area contributed by atoms with Crippen LogP contribution in [0.1, 0.15) is 67.3 Å². The topological polar surface area (TPSA) is 102 Å². The Morgan fingerprint density at radius 2 is 1.44 bits per heavy atom. The third-order valence-corrected chi connectivity index (χ3v) is 11.0. The number of rotatable bonds is 5. The van der Waals surface area contributed by atoms with Crippen LogP contribution in [0.2, 0.25) is 0 Å².